The highest BCUT2D eigenvalue weighted by molar-refractivity contribution is 8.00. The van der Waals surface area contributed by atoms with Crippen LogP contribution in [0, 0.1) is 13.8 Å². The summed E-state index contributed by atoms with van der Waals surface area (Å²) in [4.78, 5) is 0. The normalized spacial score (nSPS) is 26.6. The van der Waals surface area contributed by atoms with E-state index < -0.39 is 0 Å². The van der Waals surface area contributed by atoms with E-state index in [0.29, 0.717) is 6.04 Å². The molecule has 0 spiro atoms. The minimum Gasteiger partial charge on any atom is -0.308 e. The van der Waals surface area contributed by atoms with Crippen LogP contribution in [0.2, 0.25) is 0 Å². The summed E-state index contributed by atoms with van der Waals surface area (Å²) in [5.74, 6) is 1.20. The van der Waals surface area contributed by atoms with Crippen LogP contribution in [-0.4, -0.2) is 17.5 Å². The van der Waals surface area contributed by atoms with Crippen LogP contribution < -0.4 is 5.32 Å². The lowest BCUT2D eigenvalue weighted by Gasteiger charge is -2.28. The summed E-state index contributed by atoms with van der Waals surface area (Å²) >= 11 is 2.07. The van der Waals surface area contributed by atoms with E-state index in [0.717, 1.165) is 11.8 Å². The van der Waals surface area contributed by atoms with Crippen molar-refractivity contribution in [2.45, 2.75) is 32.1 Å². The molecular formula is C13H19NS. The van der Waals surface area contributed by atoms with Gasteiger partial charge in [0.1, 0.15) is 0 Å². The topological polar surface area (TPSA) is 12.0 Å². The number of aryl methyl sites for hydroxylation is 2. The van der Waals surface area contributed by atoms with Gasteiger partial charge in [-0.1, -0.05) is 36.2 Å². The number of thioether (sulfide) groups is 1. The summed E-state index contributed by atoms with van der Waals surface area (Å²) in [6.45, 7) is 7.77. The number of nitrogens with one attached hydrogen (secondary N) is 1. The molecular weight excluding hydrogens is 202 g/mol. The Bertz CT molecular complexity index is 320. The van der Waals surface area contributed by atoms with Gasteiger partial charge in [0.2, 0.25) is 0 Å². The zero-order chi connectivity index (χ0) is 10.8. The van der Waals surface area contributed by atoms with Gasteiger partial charge in [0, 0.05) is 23.6 Å². The van der Waals surface area contributed by atoms with Crippen molar-refractivity contribution in [3.63, 3.8) is 0 Å². The second kappa shape index (κ2) is 4.58. The minimum atomic E-state index is 0.546. The first-order valence-corrected chi connectivity index (χ1v) is 6.63. The molecule has 2 rings (SSSR count). The molecule has 1 saturated heterocycles. The van der Waals surface area contributed by atoms with Crippen LogP contribution in [0.25, 0.3) is 0 Å². The Balaban J connectivity index is 2.15. The lowest BCUT2D eigenvalue weighted by atomic mass is 10.0. The van der Waals surface area contributed by atoms with Crippen molar-refractivity contribution in [1.29, 1.82) is 0 Å². The predicted molar refractivity (Wildman–Crippen MR) is 68.6 cm³/mol. The molecule has 0 aromatic heterocycles. The predicted octanol–water partition coefficient (Wildman–Crippen LogP) is 3.07. The van der Waals surface area contributed by atoms with Crippen molar-refractivity contribution in [2.75, 3.05) is 12.3 Å². The van der Waals surface area contributed by atoms with E-state index in [9.17, 15) is 0 Å². The van der Waals surface area contributed by atoms with Crippen LogP contribution in [-0.2, 0) is 0 Å². The summed E-state index contributed by atoms with van der Waals surface area (Å²) in [7, 11) is 0. The van der Waals surface area contributed by atoms with Crippen LogP contribution in [0.3, 0.4) is 0 Å². The quantitative estimate of drug-likeness (QED) is 0.782. The maximum Gasteiger partial charge on any atom is 0.0412 e. The highest BCUT2D eigenvalue weighted by Gasteiger charge is 2.19. The van der Waals surface area contributed by atoms with E-state index in [1.807, 2.05) is 0 Å². The molecule has 1 aliphatic heterocycles. The minimum absolute atomic E-state index is 0.546. The van der Waals surface area contributed by atoms with Crippen LogP contribution in [0.1, 0.15) is 29.7 Å². The van der Waals surface area contributed by atoms with Crippen molar-refractivity contribution in [3.05, 3.63) is 34.9 Å². The van der Waals surface area contributed by atoms with Gasteiger partial charge in [-0.05, 0) is 19.4 Å². The Labute approximate surface area is 96.7 Å². The molecule has 0 saturated carbocycles. The van der Waals surface area contributed by atoms with Gasteiger partial charge in [0.05, 0.1) is 0 Å². The largest absolute Gasteiger partial charge is 0.308 e. The van der Waals surface area contributed by atoms with Crippen molar-refractivity contribution in [3.8, 4) is 0 Å². The molecule has 1 aromatic carbocycles. The highest BCUT2D eigenvalue weighted by Crippen LogP contribution is 2.26. The molecule has 0 aliphatic carbocycles. The molecule has 2 heteroatoms. The van der Waals surface area contributed by atoms with Crippen LogP contribution in [0.4, 0.5) is 0 Å². The maximum atomic E-state index is 3.62. The van der Waals surface area contributed by atoms with Gasteiger partial charge in [0.25, 0.3) is 0 Å². The molecule has 1 aliphatic rings. The van der Waals surface area contributed by atoms with Crippen molar-refractivity contribution in [2.24, 2.45) is 0 Å². The van der Waals surface area contributed by atoms with Gasteiger partial charge in [-0.2, -0.15) is 11.8 Å². The van der Waals surface area contributed by atoms with Gasteiger partial charge < -0.3 is 5.32 Å². The lowest BCUT2D eigenvalue weighted by Crippen LogP contribution is -2.34. The van der Waals surface area contributed by atoms with E-state index in [2.05, 4.69) is 56.0 Å². The maximum absolute atomic E-state index is 3.62. The van der Waals surface area contributed by atoms with E-state index >= 15 is 0 Å². The number of benzene rings is 1. The van der Waals surface area contributed by atoms with E-state index in [4.69, 9.17) is 0 Å². The van der Waals surface area contributed by atoms with Crippen LogP contribution >= 0.6 is 11.8 Å². The average molecular weight is 221 g/mol. The van der Waals surface area contributed by atoms with Gasteiger partial charge in [0.15, 0.2) is 0 Å². The average Bonchev–Trinajstić information content (AvgIpc) is 2.17. The number of hydrogen-bond donors (Lipinski definition) is 1. The molecule has 82 valence electrons. The van der Waals surface area contributed by atoms with Crippen molar-refractivity contribution >= 4 is 11.8 Å². The third kappa shape index (κ3) is 2.76. The second-order valence-electron chi connectivity index (χ2n) is 4.53. The van der Waals surface area contributed by atoms with Crippen molar-refractivity contribution in [1.82, 2.24) is 5.32 Å². The van der Waals surface area contributed by atoms with Crippen molar-refractivity contribution < 1.29 is 0 Å². The second-order valence-corrected chi connectivity index (χ2v) is 6.00. The summed E-state index contributed by atoms with van der Waals surface area (Å²) in [5, 5.41) is 4.38. The molecule has 1 fully saturated rings. The number of rotatable bonds is 1. The van der Waals surface area contributed by atoms with Gasteiger partial charge in [-0.3, -0.25) is 0 Å². The Hall–Kier alpha value is -0.470. The zero-order valence-corrected chi connectivity index (χ0v) is 10.5. The van der Waals surface area contributed by atoms with E-state index in [1.165, 1.54) is 22.4 Å². The zero-order valence-electron chi connectivity index (χ0n) is 9.71. The molecule has 1 heterocycles. The molecule has 0 amide bonds. The fraction of sp³-hybridized carbons (Fsp3) is 0.538. The molecule has 1 nitrogen and oxygen atoms in total. The van der Waals surface area contributed by atoms with Crippen LogP contribution in [0.15, 0.2) is 18.2 Å². The first-order chi connectivity index (χ1) is 7.15. The fourth-order valence-corrected chi connectivity index (χ4v) is 3.16. The molecule has 2 atom stereocenters. The Morgan fingerprint density at radius 3 is 2.40 bits per heavy atom. The molecule has 15 heavy (non-hydrogen) atoms. The van der Waals surface area contributed by atoms with Gasteiger partial charge in [-0.25, -0.2) is 0 Å². The first-order valence-electron chi connectivity index (χ1n) is 5.58. The Morgan fingerprint density at radius 1 is 1.20 bits per heavy atom. The SMILES string of the molecule is Cc1cc(C)cc(C2CSC(C)CN2)c1. The monoisotopic (exact) mass is 221 g/mol. The van der Waals surface area contributed by atoms with E-state index in [-0.39, 0.29) is 0 Å². The highest BCUT2D eigenvalue weighted by atomic mass is 32.2. The first kappa shape index (κ1) is 11.0. The molecule has 1 aromatic rings. The van der Waals surface area contributed by atoms with Gasteiger partial charge in [-0.15, -0.1) is 0 Å². The molecule has 0 radical (unpaired) electrons. The summed E-state index contributed by atoms with van der Waals surface area (Å²) in [5.41, 5.74) is 4.19. The van der Waals surface area contributed by atoms with E-state index in [1.54, 1.807) is 0 Å². The molecule has 1 N–H and O–H groups in total. The number of hydrogen-bond acceptors (Lipinski definition) is 2. The fourth-order valence-electron chi connectivity index (χ4n) is 2.11. The standard InChI is InChI=1S/C13H19NS/c1-9-4-10(2)6-12(5-9)13-8-15-11(3)7-14-13/h4-6,11,13-14H,7-8H2,1-3H3. The third-order valence-electron chi connectivity index (χ3n) is 2.85. The summed E-state index contributed by atoms with van der Waals surface area (Å²) in [6, 6.07) is 7.40. The Kier molecular flexibility index (Phi) is 3.37. The third-order valence-corrected chi connectivity index (χ3v) is 4.11. The Morgan fingerprint density at radius 2 is 1.87 bits per heavy atom. The molecule has 2 unspecified atom stereocenters. The lowest BCUT2D eigenvalue weighted by molar-refractivity contribution is 0.563. The smallest absolute Gasteiger partial charge is 0.0412 e. The summed E-state index contributed by atoms with van der Waals surface area (Å²) < 4.78 is 0. The van der Waals surface area contributed by atoms with Gasteiger partial charge >= 0.3 is 0 Å². The molecule has 0 bridgehead atoms. The summed E-state index contributed by atoms with van der Waals surface area (Å²) in [6.07, 6.45) is 0. The van der Waals surface area contributed by atoms with Crippen LogP contribution in [0.5, 0.6) is 0 Å².